The number of rotatable bonds is 8. The molecule has 7 nitrogen and oxygen atoms in total. The van der Waals surface area contributed by atoms with E-state index < -0.39 is 15.5 Å². The number of carboxylic acid groups (broad SMARTS) is 1. The summed E-state index contributed by atoms with van der Waals surface area (Å²) in [5.74, 6) is -0.592. The Hall–Kier alpha value is -1.72. The van der Waals surface area contributed by atoms with E-state index in [1.54, 1.807) is 28.0 Å². The highest BCUT2D eigenvalue weighted by Crippen LogP contribution is 2.33. The van der Waals surface area contributed by atoms with Crippen LogP contribution in [-0.4, -0.2) is 46.9 Å². The monoisotopic (exact) mass is 541 g/mol. The van der Waals surface area contributed by atoms with Crippen molar-refractivity contribution in [3.05, 3.63) is 54.1 Å². The molecule has 2 aliphatic heterocycles. The molecule has 0 bridgehead atoms. The van der Waals surface area contributed by atoms with Crippen molar-refractivity contribution in [3.8, 4) is 5.75 Å². The number of carbonyl (C=O) groups is 2. The van der Waals surface area contributed by atoms with Crippen molar-refractivity contribution in [1.82, 2.24) is 5.32 Å². The normalized spacial score (nSPS) is 19.1. The molecule has 4 rings (SSSR count). The average molecular weight is 542 g/mol. The Kier molecular flexibility index (Phi) is 8.97. The molecule has 0 aromatic heterocycles. The maximum atomic E-state index is 13.2. The lowest BCUT2D eigenvalue weighted by Crippen LogP contribution is -2.32. The minimum Gasteiger partial charge on any atom is -0.481 e. The van der Waals surface area contributed by atoms with Gasteiger partial charge in [-0.05, 0) is 61.7 Å². The van der Waals surface area contributed by atoms with Gasteiger partial charge >= 0.3 is 12.0 Å². The fraction of sp³-hybridized carbons (Fsp3) is 0.391. The van der Waals surface area contributed by atoms with Crippen LogP contribution in [0.15, 0.2) is 48.5 Å². The summed E-state index contributed by atoms with van der Waals surface area (Å²) in [7, 11) is 0. The molecule has 2 aliphatic rings. The number of hydrogen-bond acceptors (Lipinski definition) is 7. The van der Waals surface area contributed by atoms with Crippen LogP contribution in [0.3, 0.4) is 0 Å². The van der Waals surface area contributed by atoms with E-state index in [0.717, 1.165) is 30.8 Å². The van der Waals surface area contributed by atoms with E-state index in [1.165, 1.54) is 0 Å². The van der Waals surface area contributed by atoms with Gasteiger partial charge in [0.05, 0.1) is 5.92 Å². The molecule has 0 spiro atoms. The molecule has 2 aromatic rings. The Labute approximate surface area is 221 Å². The van der Waals surface area contributed by atoms with E-state index in [1.807, 2.05) is 30.3 Å². The van der Waals surface area contributed by atoms with E-state index in [2.05, 4.69) is 43.2 Å². The zero-order chi connectivity index (χ0) is 23.6. The SMILES string of the molecule is Cl.O=C(O)[C@@H](Cc1cccc(N2CCN(c3cccc(OC(S)(S)S)c3)C2=O)c1)[C@H]1CCNC1. The number of nitrogens with zero attached hydrogens (tertiary/aromatic N) is 2. The van der Waals surface area contributed by atoms with E-state index >= 15 is 0 Å². The van der Waals surface area contributed by atoms with Crippen LogP contribution in [0, 0.1) is 11.8 Å². The number of carbonyl (C=O) groups excluding carboxylic acids is 1. The summed E-state index contributed by atoms with van der Waals surface area (Å²) < 4.78 is 4.32. The molecule has 0 unspecified atom stereocenters. The fourth-order valence-electron chi connectivity index (χ4n) is 4.47. The number of nitrogens with one attached hydrogen (secondary N) is 1. The van der Waals surface area contributed by atoms with Crippen LogP contribution in [0.1, 0.15) is 12.0 Å². The van der Waals surface area contributed by atoms with Gasteiger partial charge in [-0.15, -0.1) is 50.3 Å². The van der Waals surface area contributed by atoms with Gasteiger partial charge in [-0.3, -0.25) is 14.6 Å². The molecule has 2 N–H and O–H groups in total. The Morgan fingerprint density at radius 2 is 1.76 bits per heavy atom. The first-order valence-electron chi connectivity index (χ1n) is 10.8. The number of benzene rings is 2. The second-order valence-corrected chi connectivity index (χ2v) is 11.3. The lowest BCUT2D eigenvalue weighted by atomic mass is 9.86. The summed E-state index contributed by atoms with van der Waals surface area (Å²) in [6.45, 7) is 2.63. The van der Waals surface area contributed by atoms with Gasteiger partial charge in [-0.25, -0.2) is 4.79 Å². The number of hydrogen-bond donors (Lipinski definition) is 5. The largest absolute Gasteiger partial charge is 0.481 e. The van der Waals surface area contributed by atoms with Crippen molar-refractivity contribution in [2.75, 3.05) is 36.0 Å². The van der Waals surface area contributed by atoms with Crippen LogP contribution in [0.25, 0.3) is 0 Å². The summed E-state index contributed by atoms with van der Waals surface area (Å²) in [6, 6.07) is 14.6. The van der Waals surface area contributed by atoms with Crippen molar-refractivity contribution in [1.29, 1.82) is 0 Å². The minimum atomic E-state index is -1.23. The molecule has 34 heavy (non-hydrogen) atoms. The van der Waals surface area contributed by atoms with Gasteiger partial charge in [0.2, 0.25) is 3.60 Å². The molecule has 0 saturated carbocycles. The van der Waals surface area contributed by atoms with Gasteiger partial charge < -0.3 is 15.2 Å². The van der Waals surface area contributed by atoms with Gasteiger partial charge in [0.15, 0.2) is 0 Å². The molecule has 11 heteroatoms. The molecular formula is C23H28ClN3O4S3. The second-order valence-electron chi connectivity index (χ2n) is 8.33. The third-order valence-corrected chi connectivity index (χ3v) is 6.33. The third-order valence-electron chi connectivity index (χ3n) is 6.06. The van der Waals surface area contributed by atoms with Crippen LogP contribution < -0.4 is 19.9 Å². The van der Waals surface area contributed by atoms with Crippen LogP contribution in [0.4, 0.5) is 16.2 Å². The number of anilines is 2. The highest BCUT2D eigenvalue weighted by Gasteiger charge is 2.33. The average Bonchev–Trinajstić information content (AvgIpc) is 3.41. The highest BCUT2D eigenvalue weighted by atomic mass is 35.5. The first-order valence-corrected chi connectivity index (χ1v) is 12.1. The van der Waals surface area contributed by atoms with Gasteiger partial charge in [0.1, 0.15) is 5.75 Å². The van der Waals surface area contributed by atoms with Crippen LogP contribution in [-0.2, 0) is 11.2 Å². The lowest BCUT2D eigenvalue weighted by molar-refractivity contribution is -0.143. The van der Waals surface area contributed by atoms with Crippen molar-refractivity contribution in [2.45, 2.75) is 16.4 Å². The Balaban J connectivity index is 0.00000324. The second kappa shape index (κ2) is 11.3. The van der Waals surface area contributed by atoms with Crippen molar-refractivity contribution in [3.63, 3.8) is 0 Å². The number of ether oxygens (including phenoxy) is 1. The van der Waals surface area contributed by atoms with E-state index in [9.17, 15) is 14.7 Å². The number of urea groups is 1. The van der Waals surface area contributed by atoms with Gasteiger partial charge in [0.25, 0.3) is 0 Å². The van der Waals surface area contributed by atoms with Crippen LogP contribution >= 0.6 is 50.3 Å². The molecule has 0 aliphatic carbocycles. The van der Waals surface area contributed by atoms with E-state index in [0.29, 0.717) is 30.9 Å². The van der Waals surface area contributed by atoms with Crippen molar-refractivity contribution >= 4 is 73.7 Å². The molecule has 2 saturated heterocycles. The number of halogens is 1. The zero-order valence-corrected chi connectivity index (χ0v) is 21.8. The smallest absolute Gasteiger partial charge is 0.329 e. The van der Waals surface area contributed by atoms with E-state index in [-0.39, 0.29) is 24.4 Å². The van der Waals surface area contributed by atoms with Gasteiger partial charge in [0, 0.05) is 30.5 Å². The molecule has 184 valence electrons. The summed E-state index contributed by atoms with van der Waals surface area (Å²) >= 11 is 12.4. The summed E-state index contributed by atoms with van der Waals surface area (Å²) in [5, 5.41) is 13.0. The topological polar surface area (TPSA) is 82.1 Å². The lowest BCUT2D eigenvalue weighted by Gasteiger charge is -2.22. The molecule has 2 fully saturated rings. The Morgan fingerprint density at radius 3 is 2.35 bits per heavy atom. The Bertz CT molecular complexity index is 1030. The standard InChI is InChI=1S/C23H27N3O4S3.ClH/c27-21(28)20(16-7-8-24-14-16)12-15-3-1-4-17(11-15)25-9-10-26(22(25)29)18-5-2-6-19(13-18)30-23(31,32)33;/h1-6,11,13,16,20,24,31-33H,7-10,12,14H2,(H,27,28);1H/t16-,20-;/m0./s1. The maximum absolute atomic E-state index is 13.2. The molecule has 2 atom stereocenters. The number of amides is 2. The van der Waals surface area contributed by atoms with Gasteiger partial charge in [-0.2, -0.15) is 0 Å². The summed E-state index contributed by atoms with van der Waals surface area (Å²) in [5.41, 5.74) is 2.39. The van der Waals surface area contributed by atoms with Crippen LogP contribution in [0.2, 0.25) is 0 Å². The van der Waals surface area contributed by atoms with Crippen LogP contribution in [0.5, 0.6) is 5.75 Å². The van der Waals surface area contributed by atoms with Crippen molar-refractivity contribution < 1.29 is 19.4 Å². The van der Waals surface area contributed by atoms with Gasteiger partial charge in [-0.1, -0.05) is 18.2 Å². The molecule has 0 radical (unpaired) electrons. The van der Waals surface area contributed by atoms with E-state index in [4.69, 9.17) is 4.74 Å². The quantitative estimate of drug-likeness (QED) is 0.256. The third kappa shape index (κ3) is 6.48. The first-order chi connectivity index (χ1) is 15.7. The predicted molar refractivity (Wildman–Crippen MR) is 146 cm³/mol. The van der Waals surface area contributed by atoms with Crippen molar-refractivity contribution in [2.24, 2.45) is 11.8 Å². The Morgan fingerprint density at radius 1 is 1.12 bits per heavy atom. The molecular weight excluding hydrogens is 514 g/mol. The molecule has 2 heterocycles. The molecule has 2 amide bonds. The number of thiol groups is 3. The fourth-order valence-corrected chi connectivity index (χ4v) is 4.79. The first kappa shape index (κ1) is 26.9. The zero-order valence-electron chi connectivity index (χ0n) is 18.3. The number of aliphatic carboxylic acids is 1. The minimum absolute atomic E-state index is 0. The predicted octanol–water partition coefficient (Wildman–Crippen LogP) is 4.19. The summed E-state index contributed by atoms with van der Waals surface area (Å²) in [4.78, 5) is 28.5. The number of carboxylic acids is 1. The molecule has 2 aromatic carbocycles. The maximum Gasteiger partial charge on any atom is 0.329 e. The summed E-state index contributed by atoms with van der Waals surface area (Å²) in [6.07, 6.45) is 1.31. The highest BCUT2D eigenvalue weighted by molar-refractivity contribution is 8.16.